The summed E-state index contributed by atoms with van der Waals surface area (Å²) in [6.45, 7) is 2.77. The quantitative estimate of drug-likeness (QED) is 0.693. The van der Waals surface area contributed by atoms with Gasteiger partial charge in [0.15, 0.2) is 0 Å². The van der Waals surface area contributed by atoms with Crippen LogP contribution in [0.15, 0.2) is 30.3 Å². The van der Waals surface area contributed by atoms with Crippen molar-refractivity contribution in [1.29, 1.82) is 0 Å². The molecule has 3 nitrogen and oxygen atoms in total. The van der Waals surface area contributed by atoms with Gasteiger partial charge in [0.05, 0.1) is 19.6 Å². The predicted molar refractivity (Wildman–Crippen MR) is 62.3 cm³/mol. The summed E-state index contributed by atoms with van der Waals surface area (Å²) in [5.74, 6) is -0.0985. The Bertz CT molecular complexity index is 308. The van der Waals surface area contributed by atoms with Crippen LogP contribution in [0.3, 0.4) is 0 Å². The molecule has 1 aromatic rings. The van der Waals surface area contributed by atoms with Gasteiger partial charge in [0, 0.05) is 13.0 Å². The molecule has 88 valence electrons. The molecule has 0 N–H and O–H groups in total. The Labute approximate surface area is 96.4 Å². The minimum absolute atomic E-state index is 0.0743. The van der Waals surface area contributed by atoms with Gasteiger partial charge in [-0.05, 0) is 12.5 Å². The molecular weight excluding hydrogens is 204 g/mol. The van der Waals surface area contributed by atoms with Gasteiger partial charge >= 0.3 is 5.97 Å². The van der Waals surface area contributed by atoms with E-state index >= 15 is 0 Å². The molecule has 1 atom stereocenters. The van der Waals surface area contributed by atoms with Gasteiger partial charge in [-0.2, -0.15) is 0 Å². The first-order valence-electron chi connectivity index (χ1n) is 5.47. The minimum atomic E-state index is -0.173. The smallest absolute Gasteiger partial charge is 0.306 e. The number of ether oxygens (including phenoxy) is 2. The SMILES string of the molecule is CCOC(=O)CC(COC)c1ccccc1. The lowest BCUT2D eigenvalue weighted by Gasteiger charge is -2.15. The highest BCUT2D eigenvalue weighted by Crippen LogP contribution is 2.20. The Kier molecular flexibility index (Phi) is 5.57. The molecule has 0 fully saturated rings. The van der Waals surface area contributed by atoms with Gasteiger partial charge in [-0.3, -0.25) is 4.79 Å². The second-order valence-corrected chi connectivity index (χ2v) is 3.57. The van der Waals surface area contributed by atoms with E-state index in [4.69, 9.17) is 9.47 Å². The zero-order valence-electron chi connectivity index (χ0n) is 9.81. The summed E-state index contributed by atoms with van der Waals surface area (Å²) < 4.78 is 10.1. The van der Waals surface area contributed by atoms with E-state index < -0.39 is 0 Å². The van der Waals surface area contributed by atoms with Gasteiger partial charge in [-0.15, -0.1) is 0 Å². The number of esters is 1. The molecule has 1 unspecified atom stereocenters. The number of rotatable bonds is 6. The summed E-state index contributed by atoms with van der Waals surface area (Å²) in [6.07, 6.45) is 0.367. The molecule has 0 heterocycles. The molecule has 0 amide bonds. The summed E-state index contributed by atoms with van der Waals surface area (Å²) in [5.41, 5.74) is 1.11. The van der Waals surface area contributed by atoms with Crippen LogP contribution in [0.2, 0.25) is 0 Å². The number of methoxy groups -OCH3 is 1. The van der Waals surface area contributed by atoms with Gasteiger partial charge in [0.25, 0.3) is 0 Å². The molecule has 1 aromatic carbocycles. The van der Waals surface area contributed by atoms with Crippen LogP contribution in [-0.2, 0) is 14.3 Å². The van der Waals surface area contributed by atoms with Crippen LogP contribution < -0.4 is 0 Å². The Morgan fingerprint density at radius 1 is 1.31 bits per heavy atom. The van der Waals surface area contributed by atoms with Crippen molar-refractivity contribution >= 4 is 5.97 Å². The first-order chi connectivity index (χ1) is 7.77. The largest absolute Gasteiger partial charge is 0.466 e. The normalized spacial score (nSPS) is 12.1. The molecule has 0 aromatic heterocycles. The number of hydrogen-bond acceptors (Lipinski definition) is 3. The van der Waals surface area contributed by atoms with E-state index in [9.17, 15) is 4.79 Å². The van der Waals surface area contributed by atoms with Crippen LogP contribution in [0.1, 0.15) is 24.8 Å². The van der Waals surface area contributed by atoms with Gasteiger partial charge in [-0.1, -0.05) is 30.3 Å². The van der Waals surface area contributed by atoms with Crippen molar-refractivity contribution < 1.29 is 14.3 Å². The van der Waals surface area contributed by atoms with Crippen molar-refractivity contribution in [3.8, 4) is 0 Å². The van der Waals surface area contributed by atoms with Crippen LogP contribution in [0, 0.1) is 0 Å². The third-order valence-corrected chi connectivity index (χ3v) is 2.36. The van der Waals surface area contributed by atoms with E-state index in [2.05, 4.69) is 0 Å². The van der Waals surface area contributed by atoms with Crippen LogP contribution in [0.4, 0.5) is 0 Å². The Balaban J connectivity index is 2.64. The third-order valence-electron chi connectivity index (χ3n) is 2.36. The number of carbonyl (C=O) groups excluding carboxylic acids is 1. The van der Waals surface area contributed by atoms with Gasteiger partial charge in [0.2, 0.25) is 0 Å². The zero-order chi connectivity index (χ0) is 11.8. The maximum Gasteiger partial charge on any atom is 0.306 e. The third kappa shape index (κ3) is 4.03. The highest BCUT2D eigenvalue weighted by atomic mass is 16.5. The zero-order valence-corrected chi connectivity index (χ0v) is 9.81. The lowest BCUT2D eigenvalue weighted by Crippen LogP contribution is -2.14. The molecule has 0 saturated heterocycles. The maximum atomic E-state index is 11.4. The fourth-order valence-corrected chi connectivity index (χ4v) is 1.62. The van der Waals surface area contributed by atoms with Crippen molar-refractivity contribution in [3.05, 3.63) is 35.9 Å². The molecule has 0 aliphatic carbocycles. The van der Waals surface area contributed by atoms with Crippen LogP contribution in [0.25, 0.3) is 0 Å². The highest BCUT2D eigenvalue weighted by Gasteiger charge is 2.16. The maximum absolute atomic E-state index is 11.4. The van der Waals surface area contributed by atoms with Crippen molar-refractivity contribution in [1.82, 2.24) is 0 Å². The van der Waals surface area contributed by atoms with Crippen LogP contribution in [-0.4, -0.2) is 26.3 Å². The highest BCUT2D eigenvalue weighted by molar-refractivity contribution is 5.70. The molecule has 16 heavy (non-hydrogen) atoms. The van der Waals surface area contributed by atoms with Crippen molar-refractivity contribution in [2.24, 2.45) is 0 Å². The lowest BCUT2D eigenvalue weighted by atomic mass is 9.97. The van der Waals surface area contributed by atoms with Gasteiger partial charge in [-0.25, -0.2) is 0 Å². The second kappa shape index (κ2) is 7.01. The first-order valence-corrected chi connectivity index (χ1v) is 5.47. The van der Waals surface area contributed by atoms with E-state index in [1.165, 1.54) is 0 Å². The van der Waals surface area contributed by atoms with Gasteiger partial charge in [0.1, 0.15) is 0 Å². The van der Waals surface area contributed by atoms with Crippen molar-refractivity contribution in [3.63, 3.8) is 0 Å². The molecule has 1 rings (SSSR count). The fraction of sp³-hybridized carbons (Fsp3) is 0.462. The van der Waals surface area contributed by atoms with E-state index in [1.807, 2.05) is 37.3 Å². The molecular formula is C13H18O3. The van der Waals surface area contributed by atoms with Crippen LogP contribution >= 0.6 is 0 Å². The van der Waals surface area contributed by atoms with Crippen LogP contribution in [0.5, 0.6) is 0 Å². The summed E-state index contributed by atoms with van der Waals surface area (Å²) in [7, 11) is 1.64. The second-order valence-electron chi connectivity index (χ2n) is 3.57. The van der Waals surface area contributed by atoms with Crippen molar-refractivity contribution in [2.75, 3.05) is 20.3 Å². The molecule has 0 aliphatic heterocycles. The number of carbonyl (C=O) groups is 1. The van der Waals surface area contributed by atoms with E-state index in [-0.39, 0.29) is 11.9 Å². The summed E-state index contributed by atoms with van der Waals surface area (Å²) in [4.78, 5) is 11.4. The fourth-order valence-electron chi connectivity index (χ4n) is 1.62. The Morgan fingerprint density at radius 2 is 2.00 bits per heavy atom. The summed E-state index contributed by atoms with van der Waals surface area (Å²) in [6, 6.07) is 9.88. The minimum Gasteiger partial charge on any atom is -0.466 e. The predicted octanol–water partition coefficient (Wildman–Crippen LogP) is 2.37. The van der Waals surface area contributed by atoms with E-state index in [0.717, 1.165) is 5.56 Å². The standard InChI is InChI=1S/C13H18O3/c1-3-16-13(14)9-12(10-15-2)11-7-5-4-6-8-11/h4-8,12H,3,9-10H2,1-2H3. The van der Waals surface area contributed by atoms with Crippen molar-refractivity contribution in [2.45, 2.75) is 19.3 Å². The average molecular weight is 222 g/mol. The van der Waals surface area contributed by atoms with Gasteiger partial charge < -0.3 is 9.47 Å². The van der Waals surface area contributed by atoms with E-state index in [0.29, 0.717) is 19.6 Å². The number of benzene rings is 1. The Hall–Kier alpha value is -1.35. The molecule has 0 radical (unpaired) electrons. The summed E-state index contributed by atoms with van der Waals surface area (Å²) in [5, 5.41) is 0. The molecule has 0 aliphatic rings. The lowest BCUT2D eigenvalue weighted by molar-refractivity contribution is -0.143. The average Bonchev–Trinajstić information content (AvgIpc) is 2.30. The Morgan fingerprint density at radius 3 is 2.56 bits per heavy atom. The molecule has 0 saturated carbocycles. The first kappa shape index (κ1) is 12.7. The number of hydrogen-bond donors (Lipinski definition) is 0. The topological polar surface area (TPSA) is 35.5 Å². The molecule has 3 heteroatoms. The monoisotopic (exact) mass is 222 g/mol. The molecule has 0 bridgehead atoms. The summed E-state index contributed by atoms with van der Waals surface area (Å²) >= 11 is 0. The molecule has 0 spiro atoms. The van der Waals surface area contributed by atoms with E-state index in [1.54, 1.807) is 7.11 Å².